The van der Waals surface area contributed by atoms with E-state index in [2.05, 4.69) is 66.5 Å². The van der Waals surface area contributed by atoms with Gasteiger partial charge in [0.15, 0.2) is 6.04 Å². The Bertz CT molecular complexity index is 1580. The van der Waals surface area contributed by atoms with E-state index in [1.54, 1.807) is 11.3 Å². The smallest absolute Gasteiger partial charge is 0.174 e. The molecule has 5 rings (SSSR count). The van der Waals surface area contributed by atoms with E-state index < -0.39 is 6.04 Å². The van der Waals surface area contributed by atoms with Gasteiger partial charge in [0.25, 0.3) is 0 Å². The molecule has 2 aromatic heterocycles. The van der Waals surface area contributed by atoms with Gasteiger partial charge in [-0.1, -0.05) is 43.0 Å². The van der Waals surface area contributed by atoms with Crippen LogP contribution in [0.1, 0.15) is 17.4 Å². The Hall–Kier alpha value is -4.06. The Morgan fingerprint density at radius 3 is 2.52 bits per heavy atom. The average molecular weight is 420 g/mol. The number of rotatable bonds is 4. The summed E-state index contributed by atoms with van der Waals surface area (Å²) >= 11 is 1.80. The summed E-state index contributed by atoms with van der Waals surface area (Å²) in [5.41, 5.74) is 3.88. The summed E-state index contributed by atoms with van der Waals surface area (Å²) in [6.45, 7) is 5.52. The molecule has 4 nitrogen and oxygen atoms in total. The van der Waals surface area contributed by atoms with Gasteiger partial charge in [0.2, 0.25) is 0 Å². The van der Waals surface area contributed by atoms with Gasteiger partial charge in [-0.05, 0) is 42.3 Å². The van der Waals surface area contributed by atoms with Crippen LogP contribution < -0.4 is 5.32 Å². The fourth-order valence-electron chi connectivity index (χ4n) is 3.97. The van der Waals surface area contributed by atoms with Crippen molar-refractivity contribution < 1.29 is 4.42 Å². The molecule has 0 saturated heterocycles. The van der Waals surface area contributed by atoms with E-state index in [0.29, 0.717) is 11.3 Å². The number of hydrogen-bond donors (Lipinski definition) is 1. The maximum atomic E-state index is 9.55. The molecule has 1 atom stereocenters. The van der Waals surface area contributed by atoms with E-state index in [-0.39, 0.29) is 5.70 Å². The highest BCUT2D eigenvalue weighted by molar-refractivity contribution is 7.25. The standard InChI is InChI=1S/C26H17N3OS/c1-15(13-27)29-22(14-28)26-16(2)19-9-7-18(12-23(19)30-26)17-8-10-25-21(11-17)20-5-3-4-6-24(20)31-25/h3-12,22,29H,1H2,2H3. The summed E-state index contributed by atoms with van der Waals surface area (Å²) in [5.74, 6) is 0.505. The molecule has 0 bridgehead atoms. The van der Waals surface area contributed by atoms with Gasteiger partial charge in [-0.3, -0.25) is 0 Å². The van der Waals surface area contributed by atoms with Crippen molar-refractivity contribution in [2.24, 2.45) is 0 Å². The molecule has 3 aromatic carbocycles. The van der Waals surface area contributed by atoms with Crippen molar-refractivity contribution in [1.29, 1.82) is 10.5 Å². The Balaban J connectivity index is 1.60. The number of nitriles is 2. The number of aryl methyl sites for hydroxylation is 1. The number of benzene rings is 3. The number of nitrogens with zero attached hydrogens (tertiary/aromatic N) is 2. The molecule has 0 amide bonds. The van der Waals surface area contributed by atoms with Crippen LogP contribution in [-0.2, 0) is 0 Å². The van der Waals surface area contributed by atoms with Gasteiger partial charge < -0.3 is 9.73 Å². The minimum atomic E-state index is -0.767. The molecule has 2 heterocycles. The van der Waals surface area contributed by atoms with Crippen molar-refractivity contribution in [3.63, 3.8) is 0 Å². The van der Waals surface area contributed by atoms with Crippen LogP contribution in [0.3, 0.4) is 0 Å². The Morgan fingerprint density at radius 1 is 0.968 bits per heavy atom. The van der Waals surface area contributed by atoms with Crippen molar-refractivity contribution >= 4 is 42.5 Å². The highest BCUT2D eigenvalue weighted by atomic mass is 32.1. The van der Waals surface area contributed by atoms with Gasteiger partial charge in [0.1, 0.15) is 23.1 Å². The van der Waals surface area contributed by atoms with Crippen LogP contribution in [0.4, 0.5) is 0 Å². The second-order valence-electron chi connectivity index (χ2n) is 7.41. The Labute approximate surface area is 183 Å². The molecule has 0 saturated carbocycles. The molecule has 0 radical (unpaired) electrons. The van der Waals surface area contributed by atoms with E-state index in [0.717, 1.165) is 22.1 Å². The molecule has 31 heavy (non-hydrogen) atoms. The van der Waals surface area contributed by atoms with E-state index in [1.807, 2.05) is 25.1 Å². The molecule has 148 valence electrons. The van der Waals surface area contributed by atoms with Crippen LogP contribution in [0.25, 0.3) is 42.3 Å². The van der Waals surface area contributed by atoms with Crippen molar-refractivity contribution in [2.45, 2.75) is 13.0 Å². The molecule has 0 aliphatic rings. The summed E-state index contributed by atoms with van der Waals surface area (Å²) in [7, 11) is 0. The zero-order valence-corrected chi connectivity index (χ0v) is 17.6. The third kappa shape index (κ3) is 3.13. The van der Waals surface area contributed by atoms with Crippen LogP contribution in [0.5, 0.6) is 0 Å². The van der Waals surface area contributed by atoms with Crippen LogP contribution in [0.2, 0.25) is 0 Å². The molecule has 0 fully saturated rings. The fourth-order valence-corrected chi connectivity index (χ4v) is 5.05. The fraction of sp³-hybridized carbons (Fsp3) is 0.0769. The van der Waals surface area contributed by atoms with Crippen molar-refractivity contribution in [3.05, 3.63) is 84.3 Å². The van der Waals surface area contributed by atoms with E-state index in [4.69, 9.17) is 9.68 Å². The van der Waals surface area contributed by atoms with Gasteiger partial charge in [-0.25, -0.2) is 0 Å². The lowest BCUT2D eigenvalue weighted by Gasteiger charge is -2.08. The van der Waals surface area contributed by atoms with Gasteiger partial charge in [-0.15, -0.1) is 11.3 Å². The van der Waals surface area contributed by atoms with Crippen LogP contribution in [0, 0.1) is 29.6 Å². The Kier molecular flexibility index (Phi) is 4.47. The number of nitrogens with one attached hydrogen (secondary N) is 1. The van der Waals surface area contributed by atoms with E-state index in [1.165, 1.54) is 20.2 Å². The van der Waals surface area contributed by atoms with Crippen molar-refractivity contribution in [2.75, 3.05) is 0 Å². The third-order valence-electron chi connectivity index (χ3n) is 5.53. The van der Waals surface area contributed by atoms with Gasteiger partial charge in [0.05, 0.1) is 6.07 Å². The lowest BCUT2D eigenvalue weighted by Crippen LogP contribution is -2.18. The zero-order valence-electron chi connectivity index (χ0n) is 16.8. The molecule has 0 aliphatic heterocycles. The second-order valence-corrected chi connectivity index (χ2v) is 8.49. The quantitative estimate of drug-likeness (QED) is 0.319. The number of thiophene rings is 1. The van der Waals surface area contributed by atoms with Gasteiger partial charge in [-0.2, -0.15) is 10.5 Å². The maximum absolute atomic E-state index is 9.55. The molecule has 5 aromatic rings. The first kappa shape index (κ1) is 18.9. The second kappa shape index (κ2) is 7.32. The number of allylic oxidation sites excluding steroid dienone is 1. The summed E-state index contributed by atoms with van der Waals surface area (Å²) < 4.78 is 8.62. The number of fused-ring (bicyclic) bond motifs is 4. The van der Waals surface area contributed by atoms with E-state index in [9.17, 15) is 5.26 Å². The van der Waals surface area contributed by atoms with Crippen LogP contribution in [-0.4, -0.2) is 0 Å². The number of furan rings is 1. The summed E-state index contributed by atoms with van der Waals surface area (Å²) in [6.07, 6.45) is 0. The van der Waals surface area contributed by atoms with Crippen molar-refractivity contribution in [3.8, 4) is 23.3 Å². The first-order chi connectivity index (χ1) is 15.1. The maximum Gasteiger partial charge on any atom is 0.174 e. The SMILES string of the molecule is C=C(C#N)NC(C#N)c1oc2cc(-c3ccc4sc5ccccc5c4c3)ccc2c1C. The van der Waals surface area contributed by atoms with Crippen LogP contribution in [0.15, 0.2) is 77.4 Å². The molecule has 1 N–H and O–H groups in total. The average Bonchev–Trinajstić information content (AvgIpc) is 3.34. The van der Waals surface area contributed by atoms with Gasteiger partial charge >= 0.3 is 0 Å². The normalized spacial score (nSPS) is 12.0. The predicted octanol–water partition coefficient (Wildman–Crippen LogP) is 6.97. The van der Waals surface area contributed by atoms with E-state index >= 15 is 0 Å². The third-order valence-corrected chi connectivity index (χ3v) is 6.68. The van der Waals surface area contributed by atoms with Crippen molar-refractivity contribution in [1.82, 2.24) is 5.32 Å². The Morgan fingerprint density at radius 2 is 1.71 bits per heavy atom. The van der Waals surface area contributed by atoms with Crippen LogP contribution >= 0.6 is 11.3 Å². The predicted molar refractivity (Wildman–Crippen MR) is 126 cm³/mol. The summed E-state index contributed by atoms with van der Waals surface area (Å²) in [4.78, 5) is 0. The zero-order chi connectivity index (χ0) is 21.5. The molecule has 0 spiro atoms. The first-order valence-corrected chi connectivity index (χ1v) is 10.6. The van der Waals surface area contributed by atoms with Gasteiger partial charge in [0, 0.05) is 31.1 Å². The lowest BCUT2D eigenvalue weighted by atomic mass is 10.0. The summed E-state index contributed by atoms with van der Waals surface area (Å²) in [5, 5.41) is 24.8. The monoisotopic (exact) mass is 419 g/mol. The highest BCUT2D eigenvalue weighted by Crippen LogP contribution is 2.38. The molecule has 1 unspecified atom stereocenters. The molecule has 5 heteroatoms. The molecular weight excluding hydrogens is 402 g/mol. The number of hydrogen-bond acceptors (Lipinski definition) is 5. The first-order valence-electron chi connectivity index (χ1n) is 9.79. The summed E-state index contributed by atoms with van der Waals surface area (Å²) in [6, 6.07) is 24.4. The largest absolute Gasteiger partial charge is 0.457 e. The molecular formula is C26H17N3OS. The topological polar surface area (TPSA) is 72.8 Å². The lowest BCUT2D eigenvalue weighted by molar-refractivity contribution is 0.504. The minimum Gasteiger partial charge on any atom is -0.457 e. The minimum absolute atomic E-state index is 0.128. The highest BCUT2D eigenvalue weighted by Gasteiger charge is 2.21. The molecule has 0 aliphatic carbocycles.